The molecule has 2 rings (SSSR count). The monoisotopic (exact) mass is 275 g/mol. The molecule has 19 heavy (non-hydrogen) atoms. The molecular weight excluding hydrogens is 262 g/mol. The summed E-state index contributed by atoms with van der Waals surface area (Å²) in [5.74, 6) is 1.05. The maximum absolute atomic E-state index is 5.16. The zero-order chi connectivity index (χ0) is 13.5. The van der Waals surface area contributed by atoms with Crippen molar-refractivity contribution in [3.05, 3.63) is 42.5 Å². The smallest absolute Gasteiger partial charge is 0.218 e. The average Bonchev–Trinajstić information content (AvgIpc) is 2.46. The zero-order valence-electron chi connectivity index (χ0n) is 10.3. The van der Waals surface area contributed by atoms with Crippen molar-refractivity contribution < 1.29 is 4.74 Å². The van der Waals surface area contributed by atoms with Crippen molar-refractivity contribution in [1.82, 2.24) is 20.3 Å². The Morgan fingerprint density at radius 2 is 2.21 bits per heavy atom. The Hall–Kier alpha value is -2.28. The molecule has 0 unspecified atom stereocenters. The lowest BCUT2D eigenvalue weighted by Gasteiger charge is -2.09. The van der Waals surface area contributed by atoms with E-state index in [1.54, 1.807) is 19.4 Å². The summed E-state index contributed by atoms with van der Waals surface area (Å²) >= 11 is 5.16. The average molecular weight is 275 g/mol. The van der Waals surface area contributed by atoms with Gasteiger partial charge in [-0.15, -0.1) is 0 Å². The molecule has 0 radical (unpaired) electrons. The van der Waals surface area contributed by atoms with Gasteiger partial charge in [-0.05, 0) is 24.4 Å². The van der Waals surface area contributed by atoms with Crippen LogP contribution in [0.1, 0.15) is 5.69 Å². The summed E-state index contributed by atoms with van der Waals surface area (Å²) in [7, 11) is 1.55. The highest BCUT2D eigenvalue weighted by Gasteiger charge is 2.01. The molecule has 0 atom stereocenters. The molecular formula is C12H13N5OS. The molecule has 0 amide bonds. The third kappa shape index (κ3) is 4.14. The van der Waals surface area contributed by atoms with E-state index in [9.17, 15) is 0 Å². The van der Waals surface area contributed by atoms with Gasteiger partial charge in [0.1, 0.15) is 12.1 Å². The minimum atomic E-state index is 0.464. The number of hydrogen-bond acceptors (Lipinski definition) is 5. The Kier molecular flexibility index (Phi) is 4.57. The number of methoxy groups -OCH3 is 1. The van der Waals surface area contributed by atoms with Gasteiger partial charge in [-0.1, -0.05) is 6.07 Å². The van der Waals surface area contributed by atoms with Gasteiger partial charge in [0.25, 0.3) is 0 Å². The molecule has 2 aromatic heterocycles. The van der Waals surface area contributed by atoms with Crippen LogP contribution in [-0.4, -0.2) is 27.2 Å². The predicted octanol–water partition coefficient (Wildman–Crippen LogP) is 1.37. The SMILES string of the molecule is COc1cc(NC(=S)NCc2ccccn2)ncn1. The maximum atomic E-state index is 5.16. The second kappa shape index (κ2) is 6.60. The highest BCUT2D eigenvalue weighted by atomic mass is 32.1. The van der Waals surface area contributed by atoms with Gasteiger partial charge >= 0.3 is 0 Å². The fourth-order valence-corrected chi connectivity index (χ4v) is 1.53. The Morgan fingerprint density at radius 3 is 2.95 bits per heavy atom. The van der Waals surface area contributed by atoms with Gasteiger partial charge in [0.2, 0.25) is 5.88 Å². The number of rotatable bonds is 4. The van der Waals surface area contributed by atoms with Gasteiger partial charge < -0.3 is 15.4 Å². The Bertz CT molecular complexity index is 549. The second-order valence-corrected chi connectivity index (χ2v) is 3.98. The highest BCUT2D eigenvalue weighted by Crippen LogP contribution is 2.09. The third-order valence-electron chi connectivity index (χ3n) is 2.25. The molecule has 2 aromatic rings. The van der Waals surface area contributed by atoms with Gasteiger partial charge in [-0.2, -0.15) is 0 Å². The Morgan fingerprint density at radius 1 is 1.32 bits per heavy atom. The second-order valence-electron chi connectivity index (χ2n) is 3.57. The standard InChI is InChI=1S/C12H13N5OS/c1-18-11-6-10(15-8-16-11)17-12(19)14-7-9-4-2-3-5-13-9/h2-6,8H,7H2,1H3,(H2,14,15,16,17,19). The molecule has 0 spiro atoms. The van der Waals surface area contributed by atoms with E-state index in [-0.39, 0.29) is 0 Å². The lowest BCUT2D eigenvalue weighted by molar-refractivity contribution is 0.397. The first kappa shape index (κ1) is 13.2. The van der Waals surface area contributed by atoms with E-state index >= 15 is 0 Å². The minimum absolute atomic E-state index is 0.464. The van der Waals surface area contributed by atoms with E-state index in [0.717, 1.165) is 5.69 Å². The van der Waals surface area contributed by atoms with Crippen LogP contribution in [0.2, 0.25) is 0 Å². The van der Waals surface area contributed by atoms with Crippen LogP contribution in [0.15, 0.2) is 36.8 Å². The van der Waals surface area contributed by atoms with Crippen molar-refractivity contribution in [1.29, 1.82) is 0 Å². The minimum Gasteiger partial charge on any atom is -0.481 e. The van der Waals surface area contributed by atoms with E-state index < -0.39 is 0 Å². The number of ether oxygens (including phenoxy) is 1. The summed E-state index contributed by atoms with van der Waals surface area (Å²) < 4.78 is 5.00. The van der Waals surface area contributed by atoms with Crippen molar-refractivity contribution >= 4 is 23.1 Å². The molecule has 0 aliphatic heterocycles. The summed E-state index contributed by atoms with van der Waals surface area (Å²) in [4.78, 5) is 12.1. The predicted molar refractivity (Wildman–Crippen MR) is 75.9 cm³/mol. The molecule has 0 bridgehead atoms. The van der Waals surface area contributed by atoms with Crippen LogP contribution >= 0.6 is 12.2 Å². The molecule has 98 valence electrons. The van der Waals surface area contributed by atoms with Gasteiger partial charge in [0, 0.05) is 12.3 Å². The van der Waals surface area contributed by atoms with Crippen LogP contribution in [0.25, 0.3) is 0 Å². The summed E-state index contributed by atoms with van der Waals surface area (Å²) in [6.45, 7) is 0.550. The van der Waals surface area contributed by atoms with E-state index in [1.165, 1.54) is 6.33 Å². The number of anilines is 1. The quantitative estimate of drug-likeness (QED) is 0.816. The summed E-state index contributed by atoms with van der Waals surface area (Å²) in [5, 5.41) is 6.45. The van der Waals surface area contributed by atoms with E-state index in [2.05, 4.69) is 25.6 Å². The summed E-state index contributed by atoms with van der Waals surface area (Å²) in [6.07, 6.45) is 3.14. The number of aromatic nitrogens is 3. The molecule has 0 aromatic carbocycles. The van der Waals surface area contributed by atoms with E-state index in [1.807, 2.05) is 18.2 Å². The van der Waals surface area contributed by atoms with E-state index in [0.29, 0.717) is 23.4 Å². The first-order valence-corrected chi connectivity index (χ1v) is 5.99. The first-order valence-electron chi connectivity index (χ1n) is 5.59. The van der Waals surface area contributed by atoms with Crippen molar-refractivity contribution in [3.63, 3.8) is 0 Å². The largest absolute Gasteiger partial charge is 0.481 e. The first-order chi connectivity index (χ1) is 9.28. The fourth-order valence-electron chi connectivity index (χ4n) is 1.35. The van der Waals surface area contributed by atoms with Crippen LogP contribution < -0.4 is 15.4 Å². The van der Waals surface area contributed by atoms with Crippen LogP contribution in [0.5, 0.6) is 5.88 Å². The van der Waals surface area contributed by atoms with Gasteiger partial charge in [0.05, 0.1) is 19.3 Å². The molecule has 0 fully saturated rings. The van der Waals surface area contributed by atoms with Crippen LogP contribution in [0.4, 0.5) is 5.82 Å². The van der Waals surface area contributed by atoms with Crippen molar-refractivity contribution in [2.24, 2.45) is 0 Å². The topological polar surface area (TPSA) is 72.0 Å². The normalized spacial score (nSPS) is 9.74. The lowest BCUT2D eigenvalue weighted by atomic mass is 10.3. The van der Waals surface area contributed by atoms with Gasteiger partial charge in [0.15, 0.2) is 5.11 Å². The molecule has 2 heterocycles. The highest BCUT2D eigenvalue weighted by molar-refractivity contribution is 7.80. The summed E-state index contributed by atoms with van der Waals surface area (Å²) in [6, 6.07) is 7.38. The number of thiocarbonyl (C=S) groups is 1. The number of nitrogens with one attached hydrogen (secondary N) is 2. The molecule has 7 heteroatoms. The molecule has 2 N–H and O–H groups in total. The molecule has 0 saturated carbocycles. The van der Waals surface area contributed by atoms with Gasteiger partial charge in [-0.25, -0.2) is 9.97 Å². The Balaban J connectivity index is 1.87. The van der Waals surface area contributed by atoms with Crippen LogP contribution in [0.3, 0.4) is 0 Å². The van der Waals surface area contributed by atoms with Gasteiger partial charge in [-0.3, -0.25) is 4.98 Å². The fraction of sp³-hybridized carbons (Fsp3) is 0.167. The Labute approximate surface area is 116 Å². The molecule has 0 aliphatic carbocycles. The van der Waals surface area contributed by atoms with E-state index in [4.69, 9.17) is 17.0 Å². The van der Waals surface area contributed by atoms with Crippen LogP contribution in [0, 0.1) is 0 Å². The number of hydrogen-bond donors (Lipinski definition) is 2. The third-order valence-corrected chi connectivity index (χ3v) is 2.50. The molecule has 0 aliphatic rings. The van der Waals surface area contributed by atoms with Crippen molar-refractivity contribution in [3.8, 4) is 5.88 Å². The van der Waals surface area contributed by atoms with Crippen molar-refractivity contribution in [2.75, 3.05) is 12.4 Å². The lowest BCUT2D eigenvalue weighted by Crippen LogP contribution is -2.28. The molecule has 6 nitrogen and oxygen atoms in total. The molecule has 0 saturated heterocycles. The number of pyridine rings is 1. The zero-order valence-corrected chi connectivity index (χ0v) is 11.1. The summed E-state index contributed by atoms with van der Waals surface area (Å²) in [5.41, 5.74) is 0.909. The number of nitrogens with zero attached hydrogens (tertiary/aromatic N) is 3. The van der Waals surface area contributed by atoms with Crippen molar-refractivity contribution in [2.45, 2.75) is 6.54 Å². The maximum Gasteiger partial charge on any atom is 0.218 e. The van der Waals surface area contributed by atoms with Crippen LogP contribution in [-0.2, 0) is 6.54 Å².